The van der Waals surface area contributed by atoms with Crippen LogP contribution in [0, 0.1) is 6.92 Å². The van der Waals surface area contributed by atoms with Crippen LogP contribution in [-0.2, 0) is 11.3 Å². The van der Waals surface area contributed by atoms with E-state index < -0.39 is 6.10 Å². The fourth-order valence-electron chi connectivity index (χ4n) is 3.24. The molecule has 3 rings (SSSR count). The molecule has 0 aromatic carbocycles. The first kappa shape index (κ1) is 16.9. The largest absolute Gasteiger partial charge is 0.387 e. The lowest BCUT2D eigenvalue weighted by Crippen LogP contribution is -2.40. The SMILES string of the molecule is Cc1ccn(CC(=O)N2CCCC2CC(O)c2cccs2)c(=O)c1. The summed E-state index contributed by atoms with van der Waals surface area (Å²) >= 11 is 1.53. The van der Waals surface area contributed by atoms with Gasteiger partial charge < -0.3 is 14.6 Å². The van der Waals surface area contributed by atoms with Crippen LogP contribution in [0.5, 0.6) is 0 Å². The van der Waals surface area contributed by atoms with Gasteiger partial charge in [0.2, 0.25) is 5.91 Å². The number of amides is 1. The summed E-state index contributed by atoms with van der Waals surface area (Å²) in [6.45, 7) is 2.61. The fraction of sp³-hybridized carbons (Fsp3) is 0.444. The van der Waals surface area contributed by atoms with Gasteiger partial charge in [0.05, 0.1) is 6.10 Å². The molecule has 5 nitrogen and oxygen atoms in total. The molecule has 1 aliphatic heterocycles. The lowest BCUT2D eigenvalue weighted by molar-refractivity contribution is -0.133. The molecule has 0 spiro atoms. The van der Waals surface area contributed by atoms with E-state index in [4.69, 9.17) is 0 Å². The zero-order valence-corrected chi connectivity index (χ0v) is 14.5. The smallest absolute Gasteiger partial charge is 0.251 e. The molecule has 2 aromatic rings. The van der Waals surface area contributed by atoms with Crippen molar-refractivity contribution in [1.82, 2.24) is 9.47 Å². The molecular formula is C18H22N2O3S. The molecule has 1 saturated heterocycles. The van der Waals surface area contributed by atoms with E-state index in [0.717, 1.165) is 23.3 Å². The molecule has 0 saturated carbocycles. The van der Waals surface area contributed by atoms with Gasteiger partial charge in [0.1, 0.15) is 6.54 Å². The van der Waals surface area contributed by atoms with Crippen LogP contribution in [-0.4, -0.2) is 33.1 Å². The highest BCUT2D eigenvalue weighted by atomic mass is 32.1. The van der Waals surface area contributed by atoms with Crippen molar-refractivity contribution in [1.29, 1.82) is 0 Å². The molecule has 1 fully saturated rings. The Morgan fingerprint density at radius 1 is 1.46 bits per heavy atom. The number of hydrogen-bond acceptors (Lipinski definition) is 4. The van der Waals surface area contributed by atoms with Gasteiger partial charge in [-0.15, -0.1) is 11.3 Å². The van der Waals surface area contributed by atoms with Crippen molar-refractivity contribution in [2.24, 2.45) is 0 Å². The van der Waals surface area contributed by atoms with Gasteiger partial charge in [-0.25, -0.2) is 0 Å². The van der Waals surface area contributed by atoms with Crippen molar-refractivity contribution in [3.05, 3.63) is 56.6 Å². The van der Waals surface area contributed by atoms with E-state index in [1.165, 1.54) is 22.0 Å². The predicted octanol–water partition coefficient (Wildman–Crippen LogP) is 2.33. The minimum atomic E-state index is -0.537. The van der Waals surface area contributed by atoms with E-state index in [1.807, 2.05) is 35.4 Å². The first-order chi connectivity index (χ1) is 11.5. The molecule has 128 valence electrons. The molecule has 24 heavy (non-hydrogen) atoms. The van der Waals surface area contributed by atoms with E-state index in [0.29, 0.717) is 13.0 Å². The number of carbonyl (C=O) groups excluding carboxylic acids is 1. The highest BCUT2D eigenvalue weighted by Gasteiger charge is 2.30. The molecule has 0 aliphatic carbocycles. The molecule has 1 amide bonds. The molecule has 3 heterocycles. The van der Waals surface area contributed by atoms with Gasteiger partial charge in [0, 0.05) is 29.7 Å². The van der Waals surface area contributed by atoms with E-state index >= 15 is 0 Å². The highest BCUT2D eigenvalue weighted by molar-refractivity contribution is 7.10. The second-order valence-corrected chi connectivity index (χ2v) is 7.30. The number of pyridine rings is 1. The van der Waals surface area contributed by atoms with Crippen LogP contribution in [0.3, 0.4) is 0 Å². The molecule has 1 N–H and O–H groups in total. The number of rotatable bonds is 5. The Labute approximate surface area is 145 Å². The normalized spacial score (nSPS) is 18.8. The van der Waals surface area contributed by atoms with Gasteiger partial charge in [-0.1, -0.05) is 6.07 Å². The average molecular weight is 346 g/mol. The highest BCUT2D eigenvalue weighted by Crippen LogP contribution is 2.29. The summed E-state index contributed by atoms with van der Waals surface area (Å²) in [5.41, 5.74) is 0.736. The van der Waals surface area contributed by atoms with E-state index in [2.05, 4.69) is 0 Å². The molecule has 1 aliphatic rings. The Bertz CT molecular complexity index is 754. The summed E-state index contributed by atoms with van der Waals surface area (Å²) in [4.78, 5) is 27.3. The second kappa shape index (κ2) is 7.32. The molecule has 0 bridgehead atoms. The molecule has 6 heteroatoms. The van der Waals surface area contributed by atoms with Gasteiger partial charge in [-0.05, 0) is 49.3 Å². The predicted molar refractivity (Wildman–Crippen MR) is 94.1 cm³/mol. The quantitative estimate of drug-likeness (QED) is 0.904. The van der Waals surface area contributed by atoms with Crippen molar-refractivity contribution in [3.8, 4) is 0 Å². The standard InChI is InChI=1S/C18H22N2O3S/c1-13-6-8-19(17(22)10-13)12-18(23)20-7-2-4-14(20)11-15(21)16-5-3-9-24-16/h3,5-6,8-10,14-15,21H,2,4,7,11-12H2,1H3. The Morgan fingerprint density at radius 2 is 2.29 bits per heavy atom. The van der Waals surface area contributed by atoms with Crippen LogP contribution in [0.15, 0.2) is 40.6 Å². The van der Waals surface area contributed by atoms with Gasteiger partial charge in [0.15, 0.2) is 0 Å². The Hall–Kier alpha value is -1.92. The number of likely N-dealkylation sites (tertiary alicyclic amines) is 1. The third kappa shape index (κ3) is 3.76. The zero-order chi connectivity index (χ0) is 17.1. The summed E-state index contributed by atoms with van der Waals surface area (Å²) in [6, 6.07) is 7.24. The lowest BCUT2D eigenvalue weighted by atomic mass is 10.1. The third-order valence-electron chi connectivity index (χ3n) is 4.52. The minimum Gasteiger partial charge on any atom is -0.387 e. The number of aryl methyl sites for hydroxylation is 1. The van der Waals surface area contributed by atoms with Crippen LogP contribution in [0.2, 0.25) is 0 Å². The van der Waals surface area contributed by atoms with Gasteiger partial charge >= 0.3 is 0 Å². The maximum absolute atomic E-state index is 12.6. The van der Waals surface area contributed by atoms with Crippen LogP contribution in [0.25, 0.3) is 0 Å². The van der Waals surface area contributed by atoms with Gasteiger partial charge in [-0.2, -0.15) is 0 Å². The van der Waals surface area contributed by atoms with E-state index in [9.17, 15) is 14.7 Å². The second-order valence-electron chi connectivity index (χ2n) is 6.32. The third-order valence-corrected chi connectivity index (χ3v) is 5.50. The Balaban J connectivity index is 1.66. The van der Waals surface area contributed by atoms with Crippen molar-refractivity contribution in [3.63, 3.8) is 0 Å². The van der Waals surface area contributed by atoms with Crippen molar-refractivity contribution in [2.75, 3.05) is 6.54 Å². The molecule has 0 radical (unpaired) electrons. The summed E-state index contributed by atoms with van der Waals surface area (Å²) in [5.74, 6) is -0.0539. The summed E-state index contributed by atoms with van der Waals surface area (Å²) in [5, 5.41) is 12.3. The minimum absolute atomic E-state index is 0.0377. The Morgan fingerprint density at radius 3 is 3.00 bits per heavy atom. The van der Waals surface area contributed by atoms with Crippen molar-refractivity contribution < 1.29 is 9.90 Å². The van der Waals surface area contributed by atoms with Crippen LogP contribution in [0.4, 0.5) is 0 Å². The fourth-order valence-corrected chi connectivity index (χ4v) is 3.96. The van der Waals surface area contributed by atoms with Crippen LogP contribution >= 0.6 is 11.3 Å². The first-order valence-corrected chi connectivity index (χ1v) is 9.10. The topological polar surface area (TPSA) is 62.5 Å². The number of hydrogen-bond donors (Lipinski definition) is 1. The van der Waals surface area contributed by atoms with Gasteiger partial charge in [-0.3, -0.25) is 9.59 Å². The van der Waals surface area contributed by atoms with Crippen LogP contribution < -0.4 is 5.56 Å². The molecule has 2 atom stereocenters. The zero-order valence-electron chi connectivity index (χ0n) is 13.7. The monoisotopic (exact) mass is 346 g/mol. The van der Waals surface area contributed by atoms with Crippen LogP contribution in [0.1, 0.15) is 35.8 Å². The number of aliphatic hydroxyl groups is 1. The Kier molecular flexibility index (Phi) is 5.16. The molecule has 2 aromatic heterocycles. The number of aliphatic hydroxyl groups excluding tert-OH is 1. The lowest BCUT2D eigenvalue weighted by Gasteiger charge is -2.26. The van der Waals surface area contributed by atoms with Gasteiger partial charge in [0.25, 0.3) is 5.56 Å². The van der Waals surface area contributed by atoms with E-state index in [1.54, 1.807) is 6.20 Å². The summed E-state index contributed by atoms with van der Waals surface area (Å²) in [6.07, 6.45) is 3.52. The number of thiophene rings is 1. The number of aromatic nitrogens is 1. The molecule has 2 unspecified atom stereocenters. The number of nitrogens with zero attached hydrogens (tertiary/aromatic N) is 2. The maximum atomic E-state index is 12.6. The summed E-state index contributed by atoms with van der Waals surface area (Å²) in [7, 11) is 0. The maximum Gasteiger partial charge on any atom is 0.251 e. The van der Waals surface area contributed by atoms with Crippen molar-refractivity contribution in [2.45, 2.75) is 44.9 Å². The van der Waals surface area contributed by atoms with Crippen molar-refractivity contribution >= 4 is 17.2 Å². The van der Waals surface area contributed by atoms with E-state index in [-0.39, 0.29) is 24.1 Å². The first-order valence-electron chi connectivity index (χ1n) is 8.22. The number of carbonyl (C=O) groups is 1. The average Bonchev–Trinajstić information content (AvgIpc) is 3.21. The molecular weight excluding hydrogens is 324 g/mol. The summed E-state index contributed by atoms with van der Waals surface area (Å²) < 4.78 is 1.44.